The zero-order valence-electron chi connectivity index (χ0n) is 13.3. The molecule has 2 aromatic rings. The maximum absolute atomic E-state index is 12.8. The average molecular weight is 316 g/mol. The van der Waals surface area contributed by atoms with E-state index in [1.54, 1.807) is 6.07 Å². The number of benzene rings is 1. The molecule has 1 aliphatic rings. The Morgan fingerprint density at radius 3 is 2.17 bits per heavy atom. The molecule has 0 fully saturated rings. The van der Waals surface area contributed by atoms with E-state index in [0.717, 1.165) is 0 Å². The summed E-state index contributed by atoms with van der Waals surface area (Å²) in [7, 11) is 4.30. The summed E-state index contributed by atoms with van der Waals surface area (Å²) in [5, 5.41) is 0. The fourth-order valence-corrected chi connectivity index (χ4v) is 2.77. The van der Waals surface area contributed by atoms with Crippen LogP contribution in [0.4, 0.5) is 0 Å². The zero-order chi connectivity index (χ0) is 16.7. The van der Waals surface area contributed by atoms with E-state index in [2.05, 4.69) is 0 Å². The number of hydrogen-bond donors (Lipinski definition) is 0. The second-order valence-electron chi connectivity index (χ2n) is 5.04. The van der Waals surface area contributed by atoms with Crippen LogP contribution in [0.5, 0.6) is 17.2 Å². The van der Waals surface area contributed by atoms with E-state index in [1.807, 2.05) is 6.92 Å². The molecule has 3 rings (SSSR count). The molecule has 0 saturated heterocycles. The first-order valence-corrected chi connectivity index (χ1v) is 7.12. The van der Waals surface area contributed by atoms with Crippen molar-refractivity contribution in [2.24, 2.45) is 0 Å². The van der Waals surface area contributed by atoms with Crippen molar-refractivity contribution in [2.75, 3.05) is 21.3 Å². The normalized spacial score (nSPS) is 12.7. The number of carbonyl (C=O) groups is 2. The second kappa shape index (κ2) is 5.46. The van der Waals surface area contributed by atoms with Crippen molar-refractivity contribution in [3.63, 3.8) is 0 Å². The van der Waals surface area contributed by atoms with Crippen molar-refractivity contribution in [3.05, 3.63) is 40.3 Å². The largest absolute Gasteiger partial charge is 0.493 e. The van der Waals surface area contributed by atoms with Crippen molar-refractivity contribution in [3.8, 4) is 17.2 Å². The molecule has 1 aromatic carbocycles. The molecule has 0 saturated carbocycles. The molecule has 1 heterocycles. The van der Waals surface area contributed by atoms with Gasteiger partial charge in [0.1, 0.15) is 5.76 Å². The summed E-state index contributed by atoms with van der Waals surface area (Å²) in [4.78, 5) is 25.6. The Labute approximate surface area is 132 Å². The Hall–Kier alpha value is -2.76. The van der Waals surface area contributed by atoms with Gasteiger partial charge in [0.05, 0.1) is 32.5 Å². The first-order chi connectivity index (χ1) is 11.1. The van der Waals surface area contributed by atoms with Crippen LogP contribution in [0.1, 0.15) is 44.7 Å². The first kappa shape index (κ1) is 15.1. The molecule has 0 unspecified atom stereocenters. The maximum atomic E-state index is 12.8. The first-order valence-electron chi connectivity index (χ1n) is 7.12. The fraction of sp³-hybridized carbons (Fsp3) is 0.294. The summed E-state index contributed by atoms with van der Waals surface area (Å²) in [6.45, 7) is 1.89. The number of carbonyl (C=O) groups excluding carboxylic acids is 2. The van der Waals surface area contributed by atoms with Crippen molar-refractivity contribution >= 4 is 11.6 Å². The lowest BCUT2D eigenvalue weighted by Crippen LogP contribution is -2.20. The number of ether oxygens (including phenoxy) is 3. The van der Waals surface area contributed by atoms with Crippen LogP contribution >= 0.6 is 0 Å². The van der Waals surface area contributed by atoms with Crippen LogP contribution in [-0.2, 0) is 6.42 Å². The molecule has 120 valence electrons. The van der Waals surface area contributed by atoms with Crippen molar-refractivity contribution in [2.45, 2.75) is 13.3 Å². The van der Waals surface area contributed by atoms with Gasteiger partial charge in [-0.1, -0.05) is 6.92 Å². The smallest absolute Gasteiger partial charge is 0.233 e. The molecule has 6 nitrogen and oxygen atoms in total. The van der Waals surface area contributed by atoms with Crippen LogP contribution < -0.4 is 14.2 Å². The molecule has 0 spiro atoms. The van der Waals surface area contributed by atoms with Gasteiger partial charge >= 0.3 is 0 Å². The Bertz CT molecular complexity index is 815. The standard InChI is InChI=1S/C17H16O6/c1-5-8-6-10-13(18)9-7-11(20-2)16(21-3)17(22-4)12(9)14(19)15(10)23-8/h6-7H,5H2,1-4H3. The van der Waals surface area contributed by atoms with E-state index >= 15 is 0 Å². The second-order valence-corrected chi connectivity index (χ2v) is 5.04. The minimum Gasteiger partial charge on any atom is -0.493 e. The highest BCUT2D eigenvalue weighted by molar-refractivity contribution is 6.28. The van der Waals surface area contributed by atoms with Gasteiger partial charge in [0.15, 0.2) is 23.0 Å². The molecule has 0 bridgehead atoms. The third kappa shape index (κ3) is 2.02. The van der Waals surface area contributed by atoms with Gasteiger partial charge in [0.2, 0.25) is 11.5 Å². The van der Waals surface area contributed by atoms with Gasteiger partial charge in [-0.2, -0.15) is 0 Å². The summed E-state index contributed by atoms with van der Waals surface area (Å²) in [5.41, 5.74) is 0.633. The topological polar surface area (TPSA) is 75.0 Å². The van der Waals surface area contributed by atoms with E-state index < -0.39 is 5.78 Å². The average Bonchev–Trinajstić information content (AvgIpc) is 3.02. The summed E-state index contributed by atoms with van der Waals surface area (Å²) in [6.07, 6.45) is 0.591. The lowest BCUT2D eigenvalue weighted by atomic mass is 9.87. The van der Waals surface area contributed by atoms with Gasteiger partial charge in [-0.05, 0) is 12.1 Å². The zero-order valence-corrected chi connectivity index (χ0v) is 13.3. The Morgan fingerprint density at radius 2 is 1.61 bits per heavy atom. The lowest BCUT2D eigenvalue weighted by molar-refractivity contribution is 0.0955. The van der Waals surface area contributed by atoms with Gasteiger partial charge in [-0.15, -0.1) is 0 Å². The van der Waals surface area contributed by atoms with Crippen LogP contribution in [0.3, 0.4) is 0 Å². The third-order valence-corrected chi connectivity index (χ3v) is 3.88. The SMILES string of the molecule is CCc1cc2c(o1)C(=O)c1c(cc(OC)c(OC)c1OC)C2=O. The number of furan rings is 1. The Balaban J connectivity index is 2.33. The predicted molar refractivity (Wildman–Crippen MR) is 81.0 cm³/mol. The highest BCUT2D eigenvalue weighted by Gasteiger charge is 2.38. The summed E-state index contributed by atoms with van der Waals surface area (Å²) >= 11 is 0. The summed E-state index contributed by atoms with van der Waals surface area (Å²) in [5.74, 6) is 0.699. The number of methoxy groups -OCH3 is 3. The molecule has 0 radical (unpaired) electrons. The molecule has 0 aliphatic heterocycles. The van der Waals surface area contributed by atoms with Crippen molar-refractivity contribution in [1.29, 1.82) is 0 Å². The highest BCUT2D eigenvalue weighted by Crippen LogP contribution is 2.45. The minimum absolute atomic E-state index is 0.0462. The Kier molecular flexibility index (Phi) is 3.60. The van der Waals surface area contributed by atoms with E-state index in [1.165, 1.54) is 27.4 Å². The molecule has 1 aromatic heterocycles. The molecule has 0 atom stereocenters. The maximum Gasteiger partial charge on any atom is 0.233 e. The van der Waals surface area contributed by atoms with Crippen LogP contribution in [0.2, 0.25) is 0 Å². The van der Waals surface area contributed by atoms with Gasteiger partial charge in [0.25, 0.3) is 0 Å². The van der Waals surface area contributed by atoms with E-state index in [-0.39, 0.29) is 39.7 Å². The number of fused-ring (bicyclic) bond motifs is 2. The molecule has 0 N–H and O–H groups in total. The lowest BCUT2D eigenvalue weighted by Gasteiger charge is -2.20. The van der Waals surface area contributed by atoms with Gasteiger partial charge in [-0.3, -0.25) is 9.59 Å². The molecule has 0 amide bonds. The van der Waals surface area contributed by atoms with Crippen LogP contribution in [-0.4, -0.2) is 32.9 Å². The van der Waals surface area contributed by atoms with Crippen LogP contribution in [0.15, 0.2) is 16.5 Å². The van der Waals surface area contributed by atoms with Gasteiger partial charge < -0.3 is 18.6 Å². The number of ketones is 2. The van der Waals surface area contributed by atoms with Crippen LogP contribution in [0.25, 0.3) is 0 Å². The summed E-state index contributed by atoms with van der Waals surface area (Å²) in [6, 6.07) is 3.11. The molecule has 23 heavy (non-hydrogen) atoms. The monoisotopic (exact) mass is 316 g/mol. The molecular formula is C17H16O6. The van der Waals surface area contributed by atoms with E-state index in [0.29, 0.717) is 17.9 Å². The van der Waals surface area contributed by atoms with Crippen LogP contribution in [0, 0.1) is 0 Å². The molecule has 1 aliphatic carbocycles. The van der Waals surface area contributed by atoms with Gasteiger partial charge in [0, 0.05) is 12.0 Å². The minimum atomic E-state index is -0.396. The molecular weight excluding hydrogens is 300 g/mol. The number of hydrogen-bond acceptors (Lipinski definition) is 6. The fourth-order valence-electron chi connectivity index (χ4n) is 2.77. The highest BCUT2D eigenvalue weighted by atomic mass is 16.5. The quantitative estimate of drug-likeness (QED) is 0.736. The third-order valence-electron chi connectivity index (χ3n) is 3.88. The van der Waals surface area contributed by atoms with E-state index in [9.17, 15) is 9.59 Å². The van der Waals surface area contributed by atoms with Crippen molar-refractivity contribution in [1.82, 2.24) is 0 Å². The summed E-state index contributed by atoms with van der Waals surface area (Å²) < 4.78 is 21.4. The predicted octanol–water partition coefficient (Wildman–Crippen LogP) is 2.64. The van der Waals surface area contributed by atoms with Gasteiger partial charge in [-0.25, -0.2) is 0 Å². The Morgan fingerprint density at radius 1 is 0.913 bits per heavy atom. The van der Waals surface area contributed by atoms with E-state index in [4.69, 9.17) is 18.6 Å². The number of aryl methyl sites for hydroxylation is 1. The number of rotatable bonds is 4. The molecule has 6 heteroatoms. The van der Waals surface area contributed by atoms with Crippen molar-refractivity contribution < 1.29 is 28.2 Å².